The van der Waals surface area contributed by atoms with Crippen LogP contribution in [0.3, 0.4) is 0 Å². The zero-order valence-corrected chi connectivity index (χ0v) is 21.6. The van der Waals surface area contributed by atoms with E-state index in [0.717, 1.165) is 5.56 Å². The van der Waals surface area contributed by atoms with Crippen molar-refractivity contribution in [2.45, 2.75) is 96.2 Å². The normalized spacial score (nSPS) is 24.1. The minimum Gasteiger partial charge on any atom is -0.445 e. The van der Waals surface area contributed by atoms with E-state index in [0.29, 0.717) is 32.2 Å². The highest BCUT2D eigenvalue weighted by atomic mass is 16.6. The molecule has 198 valence electrons. The number of carbonyl (C=O) groups excluding carboxylic acids is 4. The van der Waals surface area contributed by atoms with Gasteiger partial charge in [-0.1, -0.05) is 37.3 Å². The van der Waals surface area contributed by atoms with Crippen molar-refractivity contribution in [1.82, 2.24) is 20.9 Å². The molecule has 1 aromatic rings. The predicted molar refractivity (Wildman–Crippen MR) is 133 cm³/mol. The molecule has 1 saturated carbocycles. The highest BCUT2D eigenvalue weighted by Crippen LogP contribution is 2.30. The van der Waals surface area contributed by atoms with Gasteiger partial charge in [0.1, 0.15) is 12.2 Å². The fourth-order valence-electron chi connectivity index (χ4n) is 4.62. The van der Waals surface area contributed by atoms with Crippen LogP contribution in [0.2, 0.25) is 0 Å². The third kappa shape index (κ3) is 7.35. The number of hydrogen-bond donors (Lipinski definition) is 3. The molecule has 0 bridgehead atoms. The van der Waals surface area contributed by atoms with Crippen LogP contribution < -0.4 is 16.0 Å². The van der Waals surface area contributed by atoms with Crippen LogP contribution in [0.5, 0.6) is 0 Å². The lowest BCUT2D eigenvalue weighted by atomic mass is 9.90. The maximum atomic E-state index is 13.6. The standard InChI is InChI=1S/C26H38N4O6/c1-5-21(31)28-26(29-24(34)35-17-18-9-7-6-8-10-18)15-16-30(22(26)32)20-13-11-19(12-14-20)27-23(33)36-25(2,3)4/h6-10,19-20H,5,11-17H2,1-4H3,(H,27,33)(H,28,31)(H,29,34)/t19?,20?,26-/m0/s1. The van der Waals surface area contributed by atoms with E-state index >= 15 is 0 Å². The van der Waals surface area contributed by atoms with E-state index in [1.807, 2.05) is 51.1 Å². The second-order valence-electron chi connectivity index (χ2n) is 10.4. The second kappa shape index (κ2) is 11.6. The largest absolute Gasteiger partial charge is 0.445 e. The van der Waals surface area contributed by atoms with Gasteiger partial charge in [-0.3, -0.25) is 14.9 Å². The van der Waals surface area contributed by atoms with Gasteiger partial charge in [-0.2, -0.15) is 0 Å². The summed E-state index contributed by atoms with van der Waals surface area (Å²) in [5.74, 6) is -0.677. The average Bonchev–Trinajstić information content (AvgIpc) is 3.13. The SMILES string of the molecule is CCC(=O)N[C@]1(NC(=O)OCc2ccccc2)CCN(C2CCC(NC(=O)OC(C)(C)C)CC2)C1=O. The average molecular weight is 503 g/mol. The molecule has 1 aliphatic heterocycles. The number of nitrogens with one attached hydrogen (secondary N) is 3. The molecule has 3 N–H and O–H groups in total. The number of carbonyl (C=O) groups is 4. The fraction of sp³-hybridized carbons (Fsp3) is 0.615. The number of hydrogen-bond acceptors (Lipinski definition) is 6. The molecule has 1 heterocycles. The molecule has 0 radical (unpaired) electrons. The molecular weight excluding hydrogens is 464 g/mol. The lowest BCUT2D eigenvalue weighted by molar-refractivity contribution is -0.140. The van der Waals surface area contributed by atoms with Gasteiger partial charge in [-0.05, 0) is 52.0 Å². The van der Waals surface area contributed by atoms with E-state index < -0.39 is 23.5 Å². The quantitative estimate of drug-likeness (QED) is 0.492. The Kier molecular flexibility index (Phi) is 8.81. The molecule has 0 aromatic heterocycles. The number of rotatable bonds is 7. The van der Waals surface area contributed by atoms with Crippen molar-refractivity contribution in [1.29, 1.82) is 0 Å². The molecule has 0 unspecified atom stereocenters. The Morgan fingerprint density at radius 2 is 1.69 bits per heavy atom. The Hall–Kier alpha value is -3.30. The summed E-state index contributed by atoms with van der Waals surface area (Å²) in [7, 11) is 0. The molecular formula is C26H38N4O6. The molecule has 2 fully saturated rings. The van der Waals surface area contributed by atoms with Gasteiger partial charge in [0, 0.05) is 31.5 Å². The Morgan fingerprint density at radius 1 is 1.03 bits per heavy atom. The lowest BCUT2D eigenvalue weighted by Gasteiger charge is -2.36. The smallest absolute Gasteiger partial charge is 0.409 e. The lowest BCUT2D eigenvalue weighted by Crippen LogP contribution is -2.65. The molecule has 4 amide bonds. The van der Waals surface area contributed by atoms with E-state index in [1.165, 1.54) is 0 Å². The Labute approximate surface area is 212 Å². The van der Waals surface area contributed by atoms with Crippen molar-refractivity contribution < 1.29 is 28.7 Å². The highest BCUT2D eigenvalue weighted by molar-refractivity contribution is 5.95. The molecule has 36 heavy (non-hydrogen) atoms. The van der Waals surface area contributed by atoms with Gasteiger partial charge in [0.05, 0.1) is 0 Å². The van der Waals surface area contributed by atoms with Gasteiger partial charge in [-0.15, -0.1) is 0 Å². The molecule has 1 aliphatic carbocycles. The number of likely N-dealkylation sites (tertiary alicyclic amines) is 1. The van der Waals surface area contributed by atoms with E-state index in [2.05, 4.69) is 16.0 Å². The first kappa shape index (κ1) is 27.3. The zero-order valence-electron chi connectivity index (χ0n) is 21.6. The van der Waals surface area contributed by atoms with Crippen LogP contribution in [-0.4, -0.2) is 58.8 Å². The number of alkyl carbamates (subject to hydrolysis) is 2. The Bertz CT molecular complexity index is 940. The van der Waals surface area contributed by atoms with Crippen LogP contribution in [0.1, 0.15) is 71.8 Å². The van der Waals surface area contributed by atoms with Gasteiger partial charge in [-0.25, -0.2) is 9.59 Å². The van der Waals surface area contributed by atoms with Crippen LogP contribution in [-0.2, 0) is 25.7 Å². The van der Waals surface area contributed by atoms with Crippen LogP contribution in [0.15, 0.2) is 30.3 Å². The summed E-state index contributed by atoms with van der Waals surface area (Å²) in [4.78, 5) is 52.3. The minimum atomic E-state index is -1.54. The van der Waals surface area contributed by atoms with Crippen molar-refractivity contribution in [2.75, 3.05) is 6.54 Å². The third-order valence-electron chi connectivity index (χ3n) is 6.41. The molecule has 10 heteroatoms. The number of ether oxygens (including phenoxy) is 2. The molecule has 1 aromatic carbocycles. The van der Waals surface area contributed by atoms with Crippen molar-refractivity contribution in [3.8, 4) is 0 Å². The molecule has 2 aliphatic rings. The summed E-state index contributed by atoms with van der Waals surface area (Å²) in [6.45, 7) is 7.59. The first-order valence-electron chi connectivity index (χ1n) is 12.6. The number of amides is 4. The zero-order chi connectivity index (χ0) is 26.3. The van der Waals surface area contributed by atoms with Gasteiger partial charge in [0.2, 0.25) is 5.91 Å². The topological polar surface area (TPSA) is 126 Å². The third-order valence-corrected chi connectivity index (χ3v) is 6.41. The van der Waals surface area contributed by atoms with Crippen LogP contribution in [0, 0.1) is 0 Å². The first-order chi connectivity index (χ1) is 17.0. The predicted octanol–water partition coefficient (Wildman–Crippen LogP) is 3.20. The summed E-state index contributed by atoms with van der Waals surface area (Å²) in [6.07, 6.45) is 2.01. The molecule has 0 spiro atoms. The molecule has 1 atom stereocenters. The second-order valence-corrected chi connectivity index (χ2v) is 10.4. The first-order valence-corrected chi connectivity index (χ1v) is 12.6. The molecule has 3 rings (SSSR count). The van der Waals surface area contributed by atoms with Crippen LogP contribution in [0.4, 0.5) is 9.59 Å². The maximum absolute atomic E-state index is 13.6. The van der Waals surface area contributed by atoms with Crippen molar-refractivity contribution in [2.24, 2.45) is 0 Å². The number of benzene rings is 1. The van der Waals surface area contributed by atoms with Gasteiger partial charge in [0.25, 0.3) is 5.91 Å². The maximum Gasteiger partial charge on any atom is 0.409 e. The van der Waals surface area contributed by atoms with Crippen molar-refractivity contribution in [3.63, 3.8) is 0 Å². The van der Waals surface area contributed by atoms with Crippen LogP contribution >= 0.6 is 0 Å². The summed E-state index contributed by atoms with van der Waals surface area (Å²) >= 11 is 0. The summed E-state index contributed by atoms with van der Waals surface area (Å²) in [5, 5.41) is 8.28. The van der Waals surface area contributed by atoms with Gasteiger partial charge >= 0.3 is 12.2 Å². The van der Waals surface area contributed by atoms with Gasteiger partial charge in [0.15, 0.2) is 5.66 Å². The van der Waals surface area contributed by atoms with E-state index in [-0.39, 0.29) is 43.3 Å². The van der Waals surface area contributed by atoms with Gasteiger partial charge < -0.3 is 25.0 Å². The van der Waals surface area contributed by atoms with E-state index in [1.54, 1.807) is 11.8 Å². The molecule has 10 nitrogen and oxygen atoms in total. The number of nitrogens with zero attached hydrogens (tertiary/aromatic N) is 1. The fourth-order valence-corrected chi connectivity index (χ4v) is 4.62. The van der Waals surface area contributed by atoms with Crippen LogP contribution in [0.25, 0.3) is 0 Å². The summed E-state index contributed by atoms with van der Waals surface area (Å²) < 4.78 is 10.7. The Morgan fingerprint density at radius 3 is 2.31 bits per heavy atom. The monoisotopic (exact) mass is 502 g/mol. The molecule has 1 saturated heterocycles. The highest BCUT2D eigenvalue weighted by Gasteiger charge is 2.51. The summed E-state index contributed by atoms with van der Waals surface area (Å²) in [5.41, 5.74) is -1.28. The van der Waals surface area contributed by atoms with E-state index in [9.17, 15) is 19.2 Å². The summed E-state index contributed by atoms with van der Waals surface area (Å²) in [6, 6.07) is 9.15. The van der Waals surface area contributed by atoms with Crippen molar-refractivity contribution >= 4 is 24.0 Å². The van der Waals surface area contributed by atoms with E-state index in [4.69, 9.17) is 9.47 Å². The van der Waals surface area contributed by atoms with Crippen molar-refractivity contribution in [3.05, 3.63) is 35.9 Å². The minimum absolute atomic E-state index is 0.0237. The Balaban J connectivity index is 1.59.